The highest BCUT2D eigenvalue weighted by atomic mass is 32.2. The largest absolute Gasteiger partial charge is 0.495 e. The molecule has 10 nitrogen and oxygen atoms in total. The minimum atomic E-state index is -3.82. The van der Waals surface area contributed by atoms with E-state index in [2.05, 4.69) is 30.5 Å². The summed E-state index contributed by atoms with van der Waals surface area (Å²) in [5.41, 5.74) is 4.12. The van der Waals surface area contributed by atoms with E-state index >= 15 is 0 Å². The van der Waals surface area contributed by atoms with E-state index in [1.807, 2.05) is 24.3 Å². The van der Waals surface area contributed by atoms with Crippen LogP contribution in [0.2, 0.25) is 0 Å². The number of thiocarbonyl (C=S) groups is 1. The quantitative estimate of drug-likeness (QED) is 0.184. The van der Waals surface area contributed by atoms with Crippen LogP contribution in [0.5, 0.6) is 5.75 Å². The summed E-state index contributed by atoms with van der Waals surface area (Å²) < 4.78 is 38.4. The molecule has 35 heavy (non-hydrogen) atoms. The van der Waals surface area contributed by atoms with Gasteiger partial charge in [-0.3, -0.25) is 5.43 Å². The lowest BCUT2D eigenvalue weighted by molar-refractivity contribution is 0.417. The van der Waals surface area contributed by atoms with Gasteiger partial charge in [0.05, 0.1) is 23.9 Å². The van der Waals surface area contributed by atoms with Crippen LogP contribution in [0, 0.1) is 0 Å². The number of ether oxygens (including phenoxy) is 1. The van der Waals surface area contributed by atoms with Crippen LogP contribution in [0.1, 0.15) is 5.76 Å². The van der Waals surface area contributed by atoms with Crippen LogP contribution in [0.3, 0.4) is 0 Å². The van der Waals surface area contributed by atoms with Crippen molar-refractivity contribution in [2.75, 3.05) is 17.1 Å². The highest BCUT2D eigenvalue weighted by molar-refractivity contribution is 7.92. The highest BCUT2D eigenvalue weighted by Crippen LogP contribution is 2.24. The van der Waals surface area contributed by atoms with E-state index in [-0.39, 0.29) is 16.0 Å². The third-order valence-corrected chi connectivity index (χ3v) is 6.12. The number of anilines is 2. The molecule has 0 aliphatic rings. The molecule has 0 amide bonds. The van der Waals surface area contributed by atoms with Crippen molar-refractivity contribution in [1.29, 1.82) is 0 Å². The van der Waals surface area contributed by atoms with Crippen molar-refractivity contribution < 1.29 is 17.6 Å². The number of rotatable bonds is 8. The Morgan fingerprint density at radius 1 is 1.03 bits per heavy atom. The van der Waals surface area contributed by atoms with Crippen molar-refractivity contribution in [2.45, 2.75) is 4.90 Å². The number of methoxy groups -OCH3 is 1. The summed E-state index contributed by atoms with van der Waals surface area (Å²) in [6, 6.07) is 18.7. The molecule has 0 saturated heterocycles. The molecule has 12 heteroatoms. The van der Waals surface area contributed by atoms with Crippen LogP contribution >= 0.6 is 12.2 Å². The third-order valence-electron chi connectivity index (χ3n) is 4.58. The van der Waals surface area contributed by atoms with Crippen molar-refractivity contribution in [2.24, 2.45) is 5.10 Å². The Morgan fingerprint density at radius 3 is 2.51 bits per heavy atom. The van der Waals surface area contributed by atoms with Gasteiger partial charge in [-0.05, 0) is 66.8 Å². The first-order valence-corrected chi connectivity index (χ1v) is 12.1. The van der Waals surface area contributed by atoms with Crippen molar-refractivity contribution in [1.82, 2.24) is 15.4 Å². The predicted octanol–water partition coefficient (Wildman–Crippen LogP) is 3.87. The molecule has 0 spiro atoms. The van der Waals surface area contributed by atoms with Gasteiger partial charge in [0, 0.05) is 18.0 Å². The van der Waals surface area contributed by atoms with Crippen LogP contribution in [-0.2, 0) is 10.0 Å². The molecule has 0 saturated carbocycles. The zero-order valence-corrected chi connectivity index (χ0v) is 20.0. The van der Waals surface area contributed by atoms with Crippen LogP contribution < -0.4 is 20.2 Å². The number of hydrogen-bond donors (Lipinski definition) is 3. The topological polar surface area (TPSA) is 131 Å². The average molecular weight is 509 g/mol. The van der Waals surface area contributed by atoms with E-state index in [4.69, 9.17) is 21.4 Å². The molecule has 3 N–H and O–H groups in total. The Kier molecular flexibility index (Phi) is 7.33. The molecule has 2 aromatic heterocycles. The lowest BCUT2D eigenvalue weighted by Gasteiger charge is -2.10. The van der Waals surface area contributed by atoms with E-state index < -0.39 is 10.0 Å². The summed E-state index contributed by atoms with van der Waals surface area (Å²) in [5, 5.41) is 7.36. The lowest BCUT2D eigenvalue weighted by Crippen LogP contribution is -2.24. The third kappa shape index (κ3) is 6.19. The second-order valence-corrected chi connectivity index (χ2v) is 9.02. The molecule has 0 bridgehead atoms. The minimum absolute atomic E-state index is 0.00210. The Hall–Kier alpha value is -4.29. The number of para-hydroxylation sites is 2. The minimum Gasteiger partial charge on any atom is -0.495 e. The first-order chi connectivity index (χ1) is 16.9. The smallest absolute Gasteiger partial charge is 0.264 e. The lowest BCUT2D eigenvalue weighted by atomic mass is 10.2. The highest BCUT2D eigenvalue weighted by Gasteiger charge is 2.16. The van der Waals surface area contributed by atoms with E-state index in [0.717, 1.165) is 0 Å². The Bertz CT molecular complexity index is 1440. The second kappa shape index (κ2) is 10.8. The summed E-state index contributed by atoms with van der Waals surface area (Å²) in [4.78, 5) is 7.81. The SMILES string of the molecule is COc1ccccc1NC(=S)N/N=C\c1ccc(-c2ccc(S(=O)(=O)Nc3ncccn3)cc2)o1. The van der Waals surface area contributed by atoms with Crippen molar-refractivity contribution in [3.8, 4) is 17.1 Å². The maximum Gasteiger partial charge on any atom is 0.264 e. The van der Waals surface area contributed by atoms with Gasteiger partial charge < -0.3 is 14.5 Å². The molecule has 0 unspecified atom stereocenters. The van der Waals surface area contributed by atoms with E-state index in [0.29, 0.717) is 28.5 Å². The molecule has 178 valence electrons. The van der Waals surface area contributed by atoms with E-state index in [1.54, 1.807) is 37.4 Å². The molecule has 0 atom stereocenters. The normalized spacial score (nSPS) is 11.2. The molecule has 4 aromatic rings. The molecule has 4 rings (SSSR count). The maximum absolute atomic E-state index is 12.5. The van der Waals surface area contributed by atoms with Crippen LogP contribution in [0.25, 0.3) is 11.3 Å². The van der Waals surface area contributed by atoms with Crippen LogP contribution in [0.15, 0.2) is 93.5 Å². The fourth-order valence-corrected chi connectivity index (χ4v) is 4.08. The zero-order valence-electron chi connectivity index (χ0n) is 18.4. The van der Waals surface area contributed by atoms with E-state index in [1.165, 1.54) is 30.7 Å². The summed E-state index contributed by atoms with van der Waals surface area (Å²) in [5.74, 6) is 1.67. The summed E-state index contributed by atoms with van der Waals surface area (Å²) in [6.07, 6.45) is 4.37. The number of benzene rings is 2. The first kappa shape index (κ1) is 23.9. The standard InChI is InChI=1S/C23H20N6O4S2/c1-32-21-6-3-2-5-19(21)27-23(34)28-26-15-17-9-12-20(33-17)16-7-10-18(11-8-16)35(30,31)29-22-24-13-4-14-25-22/h2-15H,1H3,(H,24,25,29)(H2,27,28,34)/b26-15-. The van der Waals surface area contributed by atoms with Gasteiger partial charge in [0.2, 0.25) is 5.95 Å². The number of hydrazone groups is 1. The van der Waals surface area contributed by atoms with Crippen molar-refractivity contribution in [3.05, 3.63) is 84.9 Å². The maximum atomic E-state index is 12.5. The molecule has 0 fully saturated rings. The first-order valence-electron chi connectivity index (χ1n) is 10.2. The fourth-order valence-electron chi connectivity index (χ4n) is 2.96. The van der Waals surface area contributed by atoms with Crippen LogP contribution in [0.4, 0.5) is 11.6 Å². The number of furan rings is 1. The molecular formula is C23H20N6O4S2. The molecular weight excluding hydrogens is 488 g/mol. The molecule has 0 radical (unpaired) electrons. The zero-order chi connectivity index (χ0) is 24.7. The van der Waals surface area contributed by atoms with Gasteiger partial charge in [0.25, 0.3) is 10.0 Å². The predicted molar refractivity (Wildman–Crippen MR) is 137 cm³/mol. The molecule has 0 aliphatic carbocycles. The van der Waals surface area contributed by atoms with Crippen molar-refractivity contribution in [3.63, 3.8) is 0 Å². The number of nitrogens with one attached hydrogen (secondary N) is 3. The summed E-state index contributed by atoms with van der Waals surface area (Å²) in [6.45, 7) is 0. The average Bonchev–Trinajstić information content (AvgIpc) is 3.34. The molecule has 2 aromatic carbocycles. The van der Waals surface area contributed by atoms with Crippen molar-refractivity contribution >= 4 is 45.2 Å². The number of nitrogens with zero attached hydrogens (tertiary/aromatic N) is 3. The Balaban J connectivity index is 1.36. The van der Waals surface area contributed by atoms with Gasteiger partial charge in [0.1, 0.15) is 17.3 Å². The van der Waals surface area contributed by atoms with Crippen LogP contribution in [-0.4, -0.2) is 36.8 Å². The van der Waals surface area contributed by atoms with Gasteiger partial charge in [-0.1, -0.05) is 12.1 Å². The molecule has 0 aliphatic heterocycles. The number of sulfonamides is 1. The Morgan fingerprint density at radius 2 is 1.77 bits per heavy atom. The summed E-state index contributed by atoms with van der Waals surface area (Å²) in [7, 11) is -2.24. The Labute approximate surface area is 207 Å². The number of aromatic nitrogens is 2. The van der Waals surface area contributed by atoms with Gasteiger partial charge in [-0.15, -0.1) is 0 Å². The monoisotopic (exact) mass is 508 g/mol. The second-order valence-electron chi connectivity index (χ2n) is 6.93. The van der Waals surface area contributed by atoms with Gasteiger partial charge in [-0.2, -0.15) is 5.10 Å². The van der Waals surface area contributed by atoms with E-state index in [9.17, 15) is 8.42 Å². The van der Waals surface area contributed by atoms with Gasteiger partial charge >= 0.3 is 0 Å². The van der Waals surface area contributed by atoms with Gasteiger partial charge in [0.15, 0.2) is 5.11 Å². The summed E-state index contributed by atoms with van der Waals surface area (Å²) >= 11 is 5.24. The molecule has 2 heterocycles. The number of hydrogen-bond acceptors (Lipinski definition) is 8. The van der Waals surface area contributed by atoms with Gasteiger partial charge in [-0.25, -0.2) is 23.1 Å². The fraction of sp³-hybridized carbons (Fsp3) is 0.0435.